The maximum Gasteiger partial charge on any atom is 0.355 e. The Morgan fingerprint density at radius 3 is 2.55 bits per heavy atom. The summed E-state index contributed by atoms with van der Waals surface area (Å²) in [5, 5.41) is 0. The normalized spacial score (nSPS) is 14.8. The van der Waals surface area contributed by atoms with Crippen molar-refractivity contribution in [3.8, 4) is 0 Å². The smallest absolute Gasteiger partial charge is 0.355 e. The molecule has 0 N–H and O–H groups in total. The van der Waals surface area contributed by atoms with Gasteiger partial charge in [-0.25, -0.2) is 14.0 Å². The second-order valence-corrected chi connectivity index (χ2v) is 5.47. The fraction of sp³-hybridized carbons (Fsp3) is 0.286. The number of hydrogen-bond donors (Lipinski definition) is 0. The van der Waals surface area contributed by atoms with E-state index in [1.807, 2.05) is 22.6 Å². The van der Waals surface area contributed by atoms with Gasteiger partial charge in [0.25, 0.3) is 0 Å². The molecule has 0 bridgehead atoms. The number of carbonyl (C=O) groups is 2. The van der Waals surface area contributed by atoms with E-state index in [4.69, 9.17) is 9.47 Å². The average molecular weight is 421 g/mol. The van der Waals surface area contributed by atoms with E-state index in [-0.39, 0.29) is 24.6 Å². The second-order valence-electron chi connectivity index (χ2n) is 4.31. The molecule has 1 aliphatic heterocycles. The van der Waals surface area contributed by atoms with Crippen molar-refractivity contribution in [1.29, 1.82) is 0 Å². The molecule has 2 rings (SSSR count). The quantitative estimate of drug-likeness (QED) is 0.548. The lowest BCUT2D eigenvalue weighted by molar-refractivity contribution is -0.140. The van der Waals surface area contributed by atoms with Crippen LogP contribution in [0.2, 0.25) is 0 Å². The number of rotatable bonds is 3. The third-order valence-electron chi connectivity index (χ3n) is 3.03. The largest absolute Gasteiger partial charge is 0.466 e. The molecule has 1 aromatic rings. The fourth-order valence-corrected chi connectivity index (χ4v) is 2.80. The number of methoxy groups -OCH3 is 2. The Kier molecular flexibility index (Phi) is 5.35. The molecular formula is C14H13FINO5. The Morgan fingerprint density at radius 2 is 1.95 bits per heavy atom. The minimum Gasteiger partial charge on any atom is -0.466 e. The third-order valence-corrected chi connectivity index (χ3v) is 3.90. The molecule has 0 atom stereocenters. The van der Waals surface area contributed by atoms with Crippen molar-refractivity contribution < 1.29 is 28.2 Å². The fourth-order valence-electron chi connectivity index (χ4n) is 2.03. The molecule has 118 valence electrons. The third kappa shape index (κ3) is 3.22. The zero-order chi connectivity index (χ0) is 16.3. The van der Waals surface area contributed by atoms with Gasteiger partial charge in [0.2, 0.25) is 0 Å². The maximum absolute atomic E-state index is 13.3. The minimum atomic E-state index is -0.691. The summed E-state index contributed by atoms with van der Waals surface area (Å²) in [5.41, 5.74) is 0.620. The summed E-state index contributed by atoms with van der Waals surface area (Å²) in [6, 6.07) is 4.08. The summed E-state index contributed by atoms with van der Waals surface area (Å²) in [4.78, 5) is 25.4. The lowest BCUT2D eigenvalue weighted by Crippen LogP contribution is -2.39. The van der Waals surface area contributed by atoms with Crippen molar-refractivity contribution in [2.45, 2.75) is 0 Å². The number of benzene rings is 1. The molecule has 0 aromatic heterocycles. The van der Waals surface area contributed by atoms with Gasteiger partial charge in [-0.3, -0.25) is 0 Å². The topological polar surface area (TPSA) is 65.1 Å². The van der Waals surface area contributed by atoms with E-state index in [9.17, 15) is 14.0 Å². The number of anilines is 1. The monoisotopic (exact) mass is 421 g/mol. The van der Waals surface area contributed by atoms with Crippen LogP contribution in [0.3, 0.4) is 0 Å². The molecule has 1 aliphatic rings. The van der Waals surface area contributed by atoms with Crippen LogP contribution in [0.25, 0.3) is 0 Å². The minimum absolute atomic E-state index is 0.0325. The van der Waals surface area contributed by atoms with Gasteiger partial charge in [-0.15, -0.1) is 0 Å². The summed E-state index contributed by atoms with van der Waals surface area (Å²) in [5.74, 6) is -1.77. The first-order valence-corrected chi connectivity index (χ1v) is 7.27. The van der Waals surface area contributed by atoms with Crippen LogP contribution in [-0.2, 0) is 23.8 Å². The van der Waals surface area contributed by atoms with Gasteiger partial charge in [-0.2, -0.15) is 0 Å². The number of nitrogens with zero attached hydrogens (tertiary/aromatic N) is 1. The Morgan fingerprint density at radius 1 is 1.27 bits per heavy atom. The number of hydrogen-bond acceptors (Lipinski definition) is 6. The molecule has 8 heteroatoms. The molecule has 1 aromatic carbocycles. The Labute approximate surface area is 140 Å². The van der Waals surface area contributed by atoms with Crippen LogP contribution in [0.4, 0.5) is 10.1 Å². The van der Waals surface area contributed by atoms with Crippen molar-refractivity contribution in [3.63, 3.8) is 0 Å². The second kappa shape index (κ2) is 7.05. The maximum atomic E-state index is 13.3. The Bertz CT molecular complexity index is 646. The van der Waals surface area contributed by atoms with Crippen molar-refractivity contribution in [2.24, 2.45) is 0 Å². The molecule has 22 heavy (non-hydrogen) atoms. The van der Waals surface area contributed by atoms with Crippen LogP contribution in [0, 0.1) is 9.39 Å². The van der Waals surface area contributed by atoms with Gasteiger partial charge in [0.15, 0.2) is 0 Å². The van der Waals surface area contributed by atoms with E-state index < -0.39 is 17.8 Å². The molecule has 0 spiro atoms. The first-order valence-electron chi connectivity index (χ1n) is 6.19. The van der Waals surface area contributed by atoms with Gasteiger partial charge in [0.1, 0.15) is 18.2 Å². The van der Waals surface area contributed by atoms with Gasteiger partial charge >= 0.3 is 11.9 Å². The molecule has 0 aliphatic carbocycles. The first-order chi connectivity index (χ1) is 10.5. The molecular weight excluding hydrogens is 408 g/mol. The molecule has 0 saturated heterocycles. The predicted molar refractivity (Wildman–Crippen MR) is 83.5 cm³/mol. The summed E-state index contributed by atoms with van der Waals surface area (Å²) in [6.07, 6.45) is 0. The molecule has 6 nitrogen and oxygen atoms in total. The summed E-state index contributed by atoms with van der Waals surface area (Å²) in [6.45, 7) is -0.0298. The van der Waals surface area contributed by atoms with Crippen molar-refractivity contribution in [1.82, 2.24) is 0 Å². The van der Waals surface area contributed by atoms with Crippen molar-refractivity contribution in [3.05, 3.63) is 38.9 Å². The van der Waals surface area contributed by atoms with Gasteiger partial charge in [0.05, 0.1) is 32.1 Å². The molecule has 0 unspecified atom stereocenters. The Hall–Kier alpha value is -1.68. The van der Waals surface area contributed by atoms with Crippen molar-refractivity contribution >= 4 is 40.2 Å². The van der Waals surface area contributed by atoms with E-state index in [1.165, 1.54) is 37.3 Å². The predicted octanol–water partition coefficient (Wildman–Crippen LogP) is 1.82. The van der Waals surface area contributed by atoms with Crippen LogP contribution in [0.5, 0.6) is 0 Å². The highest BCUT2D eigenvalue weighted by molar-refractivity contribution is 14.1. The number of ether oxygens (including phenoxy) is 3. The highest BCUT2D eigenvalue weighted by Crippen LogP contribution is 2.30. The Balaban J connectivity index is 2.57. The van der Waals surface area contributed by atoms with E-state index >= 15 is 0 Å². The van der Waals surface area contributed by atoms with Crippen LogP contribution in [0.15, 0.2) is 29.5 Å². The van der Waals surface area contributed by atoms with E-state index in [1.54, 1.807) is 0 Å². The first kappa shape index (κ1) is 16.7. The zero-order valence-electron chi connectivity index (χ0n) is 11.9. The summed E-state index contributed by atoms with van der Waals surface area (Å²) >= 11 is 1.94. The average Bonchev–Trinajstić information content (AvgIpc) is 2.52. The van der Waals surface area contributed by atoms with Crippen LogP contribution >= 0.6 is 22.6 Å². The molecule has 1 heterocycles. The summed E-state index contributed by atoms with van der Waals surface area (Å²) < 4.78 is 28.6. The van der Waals surface area contributed by atoms with Gasteiger partial charge < -0.3 is 19.1 Å². The summed E-state index contributed by atoms with van der Waals surface area (Å²) in [7, 11) is 2.43. The number of esters is 2. The number of halogens is 2. The SMILES string of the molecule is COC(=O)C1=C(C(=O)OC)N(c2ccc(F)cc2I)COC1. The van der Waals surface area contributed by atoms with Gasteiger partial charge in [0, 0.05) is 3.57 Å². The lowest BCUT2D eigenvalue weighted by atomic mass is 10.1. The van der Waals surface area contributed by atoms with Crippen molar-refractivity contribution in [2.75, 3.05) is 32.5 Å². The standard InChI is InChI=1S/C14H13FINO5/c1-20-13(18)9-6-22-7-17(12(9)14(19)21-2)11-4-3-8(15)5-10(11)16/h3-5H,6-7H2,1-2H3. The van der Waals surface area contributed by atoms with E-state index in [2.05, 4.69) is 4.74 Å². The van der Waals surface area contributed by atoms with Gasteiger partial charge in [-0.05, 0) is 40.8 Å². The van der Waals surface area contributed by atoms with E-state index in [0.717, 1.165) is 0 Å². The lowest BCUT2D eigenvalue weighted by Gasteiger charge is -2.31. The highest BCUT2D eigenvalue weighted by atomic mass is 127. The molecule has 0 radical (unpaired) electrons. The van der Waals surface area contributed by atoms with Gasteiger partial charge in [-0.1, -0.05) is 0 Å². The molecule has 0 amide bonds. The highest BCUT2D eigenvalue weighted by Gasteiger charge is 2.33. The molecule has 0 fully saturated rings. The van der Waals surface area contributed by atoms with Crippen LogP contribution in [-0.4, -0.2) is 39.5 Å². The molecule has 0 saturated carbocycles. The van der Waals surface area contributed by atoms with Crippen LogP contribution < -0.4 is 4.90 Å². The zero-order valence-corrected chi connectivity index (χ0v) is 14.0. The number of carbonyl (C=O) groups excluding carboxylic acids is 2. The van der Waals surface area contributed by atoms with Crippen LogP contribution in [0.1, 0.15) is 0 Å². The van der Waals surface area contributed by atoms with E-state index in [0.29, 0.717) is 9.26 Å².